The fourth-order valence-corrected chi connectivity index (χ4v) is 2.73. The first kappa shape index (κ1) is 15.1. The molecule has 1 heterocycles. The molecule has 118 valence electrons. The summed E-state index contributed by atoms with van der Waals surface area (Å²) in [5.74, 6) is 0.152. The Hall–Kier alpha value is -2.76. The highest BCUT2D eigenvalue weighted by molar-refractivity contribution is 6.03. The van der Waals surface area contributed by atoms with E-state index in [1.807, 2.05) is 6.07 Å². The number of hydrogen-bond acceptors (Lipinski definition) is 5. The first-order valence-corrected chi connectivity index (χ1v) is 7.41. The minimum atomic E-state index is -0.249. The zero-order chi connectivity index (χ0) is 16.4. The van der Waals surface area contributed by atoms with Gasteiger partial charge in [0, 0.05) is 17.2 Å². The molecule has 0 bridgehead atoms. The summed E-state index contributed by atoms with van der Waals surface area (Å²) in [7, 11) is 0. The number of aromatic nitrogens is 2. The van der Waals surface area contributed by atoms with Gasteiger partial charge >= 0.3 is 0 Å². The van der Waals surface area contributed by atoms with Gasteiger partial charge in [-0.1, -0.05) is 26.0 Å². The highest BCUT2D eigenvalue weighted by Gasteiger charge is 2.31. The third-order valence-corrected chi connectivity index (χ3v) is 3.80. The van der Waals surface area contributed by atoms with Crippen LogP contribution in [0, 0.1) is 5.41 Å². The number of fused-ring (bicyclic) bond motifs is 1. The van der Waals surface area contributed by atoms with Crippen LogP contribution in [0.1, 0.15) is 37.1 Å². The van der Waals surface area contributed by atoms with E-state index in [1.54, 1.807) is 18.2 Å². The first-order valence-electron chi connectivity index (χ1n) is 7.41. The molecule has 0 saturated heterocycles. The number of nitrogens with zero attached hydrogens (tertiary/aromatic N) is 3. The van der Waals surface area contributed by atoms with E-state index in [0.717, 1.165) is 23.4 Å². The van der Waals surface area contributed by atoms with Crippen molar-refractivity contribution in [2.75, 3.05) is 0 Å². The summed E-state index contributed by atoms with van der Waals surface area (Å²) in [5.41, 5.74) is 2.67. The van der Waals surface area contributed by atoms with Gasteiger partial charge in [-0.15, -0.1) is 0 Å². The number of aromatic amines is 1. The summed E-state index contributed by atoms with van der Waals surface area (Å²) in [6.07, 6.45) is 2.99. The molecule has 0 unspecified atom stereocenters. The predicted molar refractivity (Wildman–Crippen MR) is 89.2 cm³/mol. The molecule has 1 aromatic heterocycles. The highest BCUT2D eigenvalue weighted by atomic mass is 16.3. The standard InChI is InChI=1S/C17H18N4O2/c1-17(2)8-13(12-7-16(23)21-20-14(12)9-17)19-18-10-11-5-3-4-6-15(11)22/h3-7,10,22H,8-9H2,1-2H3,(H,21,23). The summed E-state index contributed by atoms with van der Waals surface area (Å²) in [6.45, 7) is 4.26. The molecule has 6 heteroatoms. The molecule has 1 aromatic carbocycles. The Morgan fingerprint density at radius 3 is 2.87 bits per heavy atom. The molecule has 2 aromatic rings. The van der Waals surface area contributed by atoms with Crippen LogP contribution in [0.2, 0.25) is 0 Å². The zero-order valence-electron chi connectivity index (χ0n) is 13.1. The molecule has 0 aliphatic heterocycles. The van der Waals surface area contributed by atoms with E-state index in [9.17, 15) is 9.90 Å². The van der Waals surface area contributed by atoms with E-state index in [2.05, 4.69) is 34.2 Å². The monoisotopic (exact) mass is 310 g/mol. The number of phenols is 1. The molecular weight excluding hydrogens is 292 g/mol. The Labute approximate surface area is 133 Å². The van der Waals surface area contributed by atoms with Gasteiger partial charge in [-0.05, 0) is 30.4 Å². The molecular formula is C17H18N4O2. The van der Waals surface area contributed by atoms with Crippen molar-refractivity contribution in [2.45, 2.75) is 26.7 Å². The Morgan fingerprint density at radius 2 is 2.09 bits per heavy atom. The Balaban J connectivity index is 1.97. The number of nitrogens with one attached hydrogen (secondary N) is 1. The van der Waals surface area contributed by atoms with Crippen LogP contribution in [0.3, 0.4) is 0 Å². The largest absolute Gasteiger partial charge is 0.507 e. The van der Waals surface area contributed by atoms with Crippen LogP contribution in [0.5, 0.6) is 5.75 Å². The summed E-state index contributed by atoms with van der Waals surface area (Å²) < 4.78 is 0. The molecule has 0 saturated carbocycles. The van der Waals surface area contributed by atoms with E-state index in [-0.39, 0.29) is 16.7 Å². The summed E-state index contributed by atoms with van der Waals surface area (Å²) in [6, 6.07) is 8.43. The van der Waals surface area contributed by atoms with Gasteiger partial charge in [0.1, 0.15) is 5.75 Å². The van der Waals surface area contributed by atoms with Crippen molar-refractivity contribution in [1.29, 1.82) is 0 Å². The fourth-order valence-electron chi connectivity index (χ4n) is 2.73. The quantitative estimate of drug-likeness (QED) is 0.658. The van der Waals surface area contributed by atoms with Gasteiger partial charge in [0.2, 0.25) is 0 Å². The lowest BCUT2D eigenvalue weighted by Gasteiger charge is -2.30. The maximum absolute atomic E-state index is 11.5. The second-order valence-electron chi connectivity index (χ2n) is 6.46. The molecule has 1 aliphatic carbocycles. The minimum Gasteiger partial charge on any atom is -0.507 e. The van der Waals surface area contributed by atoms with Gasteiger partial charge in [0.15, 0.2) is 0 Å². The molecule has 6 nitrogen and oxygen atoms in total. The van der Waals surface area contributed by atoms with Crippen molar-refractivity contribution in [2.24, 2.45) is 15.6 Å². The highest BCUT2D eigenvalue weighted by Crippen LogP contribution is 2.33. The van der Waals surface area contributed by atoms with Crippen LogP contribution >= 0.6 is 0 Å². The first-order chi connectivity index (χ1) is 10.9. The second-order valence-corrected chi connectivity index (χ2v) is 6.46. The van der Waals surface area contributed by atoms with E-state index >= 15 is 0 Å². The summed E-state index contributed by atoms with van der Waals surface area (Å²) >= 11 is 0. The number of hydrogen-bond donors (Lipinski definition) is 2. The van der Waals surface area contributed by atoms with Crippen LogP contribution in [-0.2, 0) is 6.42 Å². The lowest BCUT2D eigenvalue weighted by atomic mass is 9.75. The molecule has 0 radical (unpaired) electrons. The number of phenolic OH excluding ortho intramolecular Hbond substituents is 1. The number of para-hydroxylation sites is 1. The van der Waals surface area contributed by atoms with Crippen molar-refractivity contribution in [1.82, 2.24) is 10.2 Å². The van der Waals surface area contributed by atoms with Crippen molar-refractivity contribution < 1.29 is 5.11 Å². The topological polar surface area (TPSA) is 90.7 Å². The van der Waals surface area contributed by atoms with Gasteiger partial charge < -0.3 is 5.11 Å². The van der Waals surface area contributed by atoms with Gasteiger partial charge in [-0.25, -0.2) is 5.10 Å². The van der Waals surface area contributed by atoms with E-state index in [1.165, 1.54) is 12.3 Å². The van der Waals surface area contributed by atoms with Gasteiger partial charge in [-0.2, -0.15) is 15.3 Å². The molecule has 0 atom stereocenters. The van der Waals surface area contributed by atoms with Crippen molar-refractivity contribution in [3.63, 3.8) is 0 Å². The zero-order valence-corrected chi connectivity index (χ0v) is 13.1. The molecule has 23 heavy (non-hydrogen) atoms. The number of benzene rings is 1. The fraction of sp³-hybridized carbons (Fsp3) is 0.294. The van der Waals surface area contributed by atoms with E-state index in [4.69, 9.17) is 0 Å². The number of H-pyrrole nitrogens is 1. The lowest BCUT2D eigenvalue weighted by Crippen LogP contribution is -2.30. The molecule has 0 amide bonds. The molecule has 3 rings (SSSR count). The van der Waals surface area contributed by atoms with Gasteiger partial charge in [0.05, 0.1) is 17.6 Å². The van der Waals surface area contributed by atoms with Gasteiger partial charge in [-0.3, -0.25) is 4.79 Å². The van der Waals surface area contributed by atoms with Crippen molar-refractivity contribution >= 4 is 11.9 Å². The van der Waals surface area contributed by atoms with Gasteiger partial charge in [0.25, 0.3) is 5.56 Å². The normalized spacial score (nSPS) is 18.3. The molecule has 0 spiro atoms. The van der Waals surface area contributed by atoms with Crippen LogP contribution < -0.4 is 5.56 Å². The smallest absolute Gasteiger partial charge is 0.264 e. The third kappa shape index (κ3) is 3.36. The lowest BCUT2D eigenvalue weighted by molar-refractivity contribution is 0.365. The minimum absolute atomic E-state index is 0.00147. The third-order valence-electron chi connectivity index (χ3n) is 3.80. The van der Waals surface area contributed by atoms with Crippen LogP contribution in [0.25, 0.3) is 0 Å². The van der Waals surface area contributed by atoms with Crippen molar-refractivity contribution in [3.8, 4) is 5.75 Å². The number of rotatable bonds is 2. The Morgan fingerprint density at radius 1 is 1.30 bits per heavy atom. The summed E-state index contributed by atoms with van der Waals surface area (Å²) in [4.78, 5) is 11.5. The summed E-state index contributed by atoms with van der Waals surface area (Å²) in [5, 5.41) is 24.7. The van der Waals surface area contributed by atoms with Crippen LogP contribution in [0.15, 0.2) is 45.3 Å². The van der Waals surface area contributed by atoms with E-state index < -0.39 is 0 Å². The average Bonchev–Trinajstić information content (AvgIpc) is 2.49. The van der Waals surface area contributed by atoms with E-state index in [0.29, 0.717) is 12.0 Å². The molecule has 2 N–H and O–H groups in total. The number of aromatic hydroxyl groups is 1. The molecule has 0 fully saturated rings. The van der Waals surface area contributed by atoms with Crippen LogP contribution in [-0.4, -0.2) is 27.2 Å². The Bertz CT molecular complexity index is 850. The molecule has 1 aliphatic rings. The maximum atomic E-state index is 11.5. The Kier molecular flexibility index (Phi) is 3.82. The average molecular weight is 310 g/mol. The predicted octanol–water partition coefficient (Wildman–Crippen LogP) is 2.27. The SMILES string of the molecule is CC1(C)CC(=NN=Cc2ccccc2O)c2cc(=O)[nH]nc2C1. The van der Waals surface area contributed by atoms with Crippen molar-refractivity contribution in [3.05, 3.63) is 57.5 Å². The van der Waals surface area contributed by atoms with Crippen LogP contribution in [0.4, 0.5) is 0 Å². The maximum Gasteiger partial charge on any atom is 0.264 e. The second kappa shape index (κ2) is 5.79.